The van der Waals surface area contributed by atoms with Gasteiger partial charge in [-0.15, -0.1) is 0 Å². The van der Waals surface area contributed by atoms with Crippen LogP contribution in [0.2, 0.25) is 5.02 Å². The maximum atomic E-state index is 12.6. The zero-order valence-corrected chi connectivity index (χ0v) is 23.0. The van der Waals surface area contributed by atoms with Gasteiger partial charge in [-0.1, -0.05) is 41.9 Å². The number of nitrogens with zero attached hydrogens (tertiary/aromatic N) is 3. The number of hydrogen-bond acceptors (Lipinski definition) is 6. The number of carbonyl (C=O) groups excluding carboxylic acids is 1. The molecule has 1 aliphatic heterocycles. The van der Waals surface area contributed by atoms with Gasteiger partial charge in [0.1, 0.15) is 5.84 Å². The number of nitrogens with one attached hydrogen (secondary N) is 1. The lowest BCUT2D eigenvalue weighted by atomic mass is 10.1. The second-order valence-electron chi connectivity index (χ2n) is 8.61. The van der Waals surface area contributed by atoms with Crippen molar-refractivity contribution in [2.75, 3.05) is 40.3 Å². The molecule has 0 spiro atoms. The van der Waals surface area contributed by atoms with Gasteiger partial charge in [-0.05, 0) is 36.6 Å². The monoisotopic (exact) mass is 590 g/mol. The summed E-state index contributed by atoms with van der Waals surface area (Å²) in [6.45, 7) is 2.56. The van der Waals surface area contributed by atoms with Crippen molar-refractivity contribution in [2.45, 2.75) is 30.3 Å². The lowest BCUT2D eigenvalue weighted by Gasteiger charge is -2.20. The van der Waals surface area contributed by atoms with E-state index in [2.05, 4.69) is 22.4 Å². The van der Waals surface area contributed by atoms with Crippen LogP contribution in [-0.4, -0.2) is 86.9 Å². The van der Waals surface area contributed by atoms with Gasteiger partial charge >= 0.3 is 12.1 Å². The SMILES string of the molecule is CN(CCc1ccc(C2=NCCN2)cc1)C(=O)CCCN(C)S(=O)(=O)c1cccc(Cl)c1.O=C(O)C(F)(F)F. The average Bonchev–Trinajstić information content (AvgIpc) is 3.42. The lowest BCUT2D eigenvalue weighted by Crippen LogP contribution is -2.31. The number of aliphatic imine (C=N–C) groups is 1. The van der Waals surface area contributed by atoms with Gasteiger partial charge in [0, 0.05) is 50.7 Å². The molecule has 0 unspecified atom stereocenters. The van der Waals surface area contributed by atoms with E-state index in [0.29, 0.717) is 18.0 Å². The van der Waals surface area contributed by atoms with Gasteiger partial charge in [-0.25, -0.2) is 17.5 Å². The van der Waals surface area contributed by atoms with Crippen LogP contribution in [0.4, 0.5) is 13.2 Å². The number of carboxylic acids is 1. The molecule has 1 heterocycles. The maximum Gasteiger partial charge on any atom is 0.490 e. The third-order valence-electron chi connectivity index (χ3n) is 5.67. The molecular formula is C25H30ClF3N4O5S. The minimum Gasteiger partial charge on any atom is -0.475 e. The zero-order chi connectivity index (χ0) is 29.2. The summed E-state index contributed by atoms with van der Waals surface area (Å²) in [5.41, 5.74) is 2.23. The molecule has 9 nitrogen and oxygen atoms in total. The third-order valence-corrected chi connectivity index (χ3v) is 7.76. The predicted molar refractivity (Wildman–Crippen MR) is 141 cm³/mol. The van der Waals surface area contributed by atoms with Crippen LogP contribution in [0.15, 0.2) is 58.4 Å². The number of benzene rings is 2. The van der Waals surface area contributed by atoms with Crippen LogP contribution in [-0.2, 0) is 26.0 Å². The molecule has 0 radical (unpaired) electrons. The number of carbonyl (C=O) groups is 2. The number of sulfonamides is 1. The van der Waals surface area contributed by atoms with Crippen molar-refractivity contribution < 1.29 is 36.3 Å². The van der Waals surface area contributed by atoms with E-state index in [-0.39, 0.29) is 23.8 Å². The van der Waals surface area contributed by atoms with Crippen LogP contribution < -0.4 is 5.32 Å². The Kier molecular flexibility index (Phi) is 11.7. The highest BCUT2D eigenvalue weighted by Crippen LogP contribution is 2.19. The summed E-state index contributed by atoms with van der Waals surface area (Å²) in [6, 6.07) is 14.4. The van der Waals surface area contributed by atoms with Crippen molar-refractivity contribution in [3.8, 4) is 0 Å². The van der Waals surface area contributed by atoms with Crippen molar-refractivity contribution in [2.24, 2.45) is 4.99 Å². The number of rotatable bonds is 10. The van der Waals surface area contributed by atoms with Gasteiger partial charge in [0.2, 0.25) is 15.9 Å². The van der Waals surface area contributed by atoms with Gasteiger partial charge in [-0.2, -0.15) is 13.2 Å². The Balaban J connectivity index is 0.000000673. The molecule has 0 saturated heterocycles. The van der Waals surface area contributed by atoms with Crippen LogP contribution in [0.25, 0.3) is 0 Å². The topological polar surface area (TPSA) is 119 Å². The van der Waals surface area contributed by atoms with Gasteiger partial charge in [0.25, 0.3) is 0 Å². The van der Waals surface area contributed by atoms with Crippen LogP contribution in [0.5, 0.6) is 0 Å². The highest BCUT2D eigenvalue weighted by Gasteiger charge is 2.38. The van der Waals surface area contributed by atoms with E-state index in [1.54, 1.807) is 24.1 Å². The van der Waals surface area contributed by atoms with Crippen LogP contribution in [0, 0.1) is 0 Å². The van der Waals surface area contributed by atoms with Crippen molar-refractivity contribution in [1.29, 1.82) is 0 Å². The van der Waals surface area contributed by atoms with Crippen LogP contribution >= 0.6 is 11.6 Å². The first-order valence-electron chi connectivity index (χ1n) is 11.9. The van der Waals surface area contributed by atoms with E-state index < -0.39 is 22.2 Å². The highest BCUT2D eigenvalue weighted by molar-refractivity contribution is 7.89. The molecule has 39 heavy (non-hydrogen) atoms. The van der Waals surface area contributed by atoms with Gasteiger partial charge in [-0.3, -0.25) is 9.79 Å². The fourth-order valence-corrected chi connectivity index (χ4v) is 4.92. The molecule has 2 aromatic rings. The Hall–Kier alpha value is -3.16. The predicted octanol–water partition coefficient (Wildman–Crippen LogP) is 3.42. The quantitative estimate of drug-likeness (QED) is 0.438. The minimum atomic E-state index is -5.08. The Bertz CT molecular complexity index is 1270. The number of carboxylic acid groups (broad SMARTS) is 1. The molecule has 3 rings (SSSR count). The summed E-state index contributed by atoms with van der Waals surface area (Å²) < 4.78 is 58.2. The Morgan fingerprint density at radius 3 is 2.28 bits per heavy atom. The van der Waals surface area contributed by atoms with E-state index in [4.69, 9.17) is 21.5 Å². The maximum absolute atomic E-state index is 12.6. The average molecular weight is 591 g/mol. The number of halogens is 4. The number of amides is 1. The standard InChI is InChI=1S/C23H29ClN4O3S.C2HF3O2/c1-27(16-12-18-8-10-19(11-9-18)23-25-13-14-26-23)22(29)7-4-15-28(2)32(30,31)21-6-3-5-20(24)17-21;3-2(4,5)1(6)7/h3,5-6,8-11,17H,4,7,12-16H2,1-2H3,(H,25,26);(H,6,7). The van der Waals surface area contributed by atoms with E-state index in [0.717, 1.165) is 36.5 Å². The molecule has 0 fully saturated rings. The normalized spacial score (nSPS) is 13.3. The fraction of sp³-hybridized carbons (Fsp3) is 0.400. The first-order chi connectivity index (χ1) is 18.2. The number of amidine groups is 1. The second-order valence-corrected chi connectivity index (χ2v) is 11.1. The smallest absolute Gasteiger partial charge is 0.475 e. The first-order valence-corrected chi connectivity index (χ1v) is 13.7. The Morgan fingerprint density at radius 2 is 1.74 bits per heavy atom. The summed E-state index contributed by atoms with van der Waals surface area (Å²) in [5, 5.41) is 10.8. The summed E-state index contributed by atoms with van der Waals surface area (Å²) in [7, 11) is -0.332. The molecule has 0 bridgehead atoms. The molecule has 1 aliphatic rings. The van der Waals surface area contributed by atoms with E-state index >= 15 is 0 Å². The molecule has 0 saturated carbocycles. The molecule has 0 aromatic heterocycles. The molecule has 0 atom stereocenters. The molecule has 14 heteroatoms. The van der Waals surface area contributed by atoms with Crippen molar-refractivity contribution in [3.63, 3.8) is 0 Å². The summed E-state index contributed by atoms with van der Waals surface area (Å²) in [6.07, 6.45) is -3.59. The molecule has 2 aromatic carbocycles. The Morgan fingerprint density at radius 1 is 1.10 bits per heavy atom. The Labute approximate surface area is 230 Å². The number of alkyl halides is 3. The molecular weight excluding hydrogens is 561 g/mol. The van der Waals surface area contributed by atoms with Gasteiger partial charge in [0.05, 0.1) is 11.4 Å². The molecule has 214 valence electrons. The van der Waals surface area contributed by atoms with Gasteiger partial charge < -0.3 is 15.3 Å². The van der Waals surface area contributed by atoms with Crippen molar-refractivity contribution in [3.05, 3.63) is 64.7 Å². The van der Waals surface area contributed by atoms with Crippen molar-refractivity contribution >= 4 is 39.3 Å². The number of hydrogen-bond donors (Lipinski definition) is 2. The van der Waals surface area contributed by atoms with E-state index in [9.17, 15) is 26.4 Å². The zero-order valence-electron chi connectivity index (χ0n) is 21.4. The molecule has 2 N–H and O–H groups in total. The van der Waals surface area contributed by atoms with E-state index in [1.807, 2.05) is 12.1 Å². The second kappa shape index (κ2) is 14.3. The van der Waals surface area contributed by atoms with Gasteiger partial charge in [0.15, 0.2) is 0 Å². The third kappa shape index (κ3) is 10.2. The minimum absolute atomic E-state index is 0.000292. The summed E-state index contributed by atoms with van der Waals surface area (Å²) >= 11 is 5.91. The molecule has 1 amide bonds. The number of aliphatic carboxylic acids is 1. The van der Waals surface area contributed by atoms with E-state index in [1.165, 1.54) is 23.5 Å². The molecule has 0 aliphatic carbocycles. The van der Waals surface area contributed by atoms with Crippen LogP contribution in [0.3, 0.4) is 0 Å². The van der Waals surface area contributed by atoms with Crippen LogP contribution in [0.1, 0.15) is 24.0 Å². The largest absolute Gasteiger partial charge is 0.490 e. The lowest BCUT2D eigenvalue weighted by molar-refractivity contribution is -0.192. The summed E-state index contributed by atoms with van der Waals surface area (Å²) in [5.74, 6) is -1.82. The summed E-state index contributed by atoms with van der Waals surface area (Å²) in [4.78, 5) is 27.6. The number of likely N-dealkylation sites (N-methyl/N-ethyl adjacent to an activating group) is 1. The fourth-order valence-electron chi connectivity index (χ4n) is 3.41. The highest BCUT2D eigenvalue weighted by atomic mass is 35.5. The van der Waals surface area contributed by atoms with Crippen molar-refractivity contribution in [1.82, 2.24) is 14.5 Å². The first kappa shape index (κ1) is 32.1.